The minimum atomic E-state index is -4.58. The van der Waals surface area contributed by atoms with Gasteiger partial charge in [-0.3, -0.25) is 9.59 Å². The van der Waals surface area contributed by atoms with Crippen molar-refractivity contribution >= 4 is 23.2 Å². The predicted octanol–water partition coefficient (Wildman–Crippen LogP) is 6.32. The average Bonchev–Trinajstić information content (AvgIpc) is 3.35. The molecule has 2 heterocycles. The van der Waals surface area contributed by atoms with Crippen LogP contribution in [0.3, 0.4) is 0 Å². The summed E-state index contributed by atoms with van der Waals surface area (Å²) in [6.07, 6.45) is -3.41. The molecule has 4 nitrogen and oxygen atoms in total. The molecule has 2 unspecified atom stereocenters. The second kappa shape index (κ2) is 10.4. The normalized spacial score (nSPS) is 16.4. The number of hydrogen-bond donors (Lipinski definition) is 0. The van der Waals surface area contributed by atoms with E-state index in [0.717, 1.165) is 28.1 Å². The van der Waals surface area contributed by atoms with Gasteiger partial charge in [0.15, 0.2) is 0 Å². The molecule has 3 aromatic rings. The molecule has 190 valence electrons. The Labute approximate surface area is 211 Å². The predicted molar refractivity (Wildman–Crippen MR) is 130 cm³/mol. The zero-order valence-corrected chi connectivity index (χ0v) is 20.7. The Morgan fingerprint density at radius 3 is 2.53 bits per heavy atom. The Hall–Kier alpha value is -3.20. The fraction of sp³-hybridized carbons (Fsp3) is 0.333. The Kier molecular flexibility index (Phi) is 7.49. The summed E-state index contributed by atoms with van der Waals surface area (Å²) < 4.78 is 53.3. The van der Waals surface area contributed by atoms with E-state index in [1.165, 1.54) is 29.2 Å². The molecule has 0 N–H and O–H groups in total. The largest absolute Gasteiger partial charge is 0.416 e. The molecule has 1 aromatic heterocycles. The Balaban J connectivity index is 1.64. The molecule has 2 amide bonds. The van der Waals surface area contributed by atoms with Crippen LogP contribution in [0.15, 0.2) is 60.0 Å². The maximum atomic E-state index is 13.7. The van der Waals surface area contributed by atoms with E-state index in [0.29, 0.717) is 19.4 Å². The first-order chi connectivity index (χ1) is 17.1. The third-order valence-electron chi connectivity index (χ3n) is 6.60. The fourth-order valence-electron chi connectivity index (χ4n) is 4.47. The Bertz CT molecular complexity index is 1240. The van der Waals surface area contributed by atoms with E-state index in [2.05, 4.69) is 0 Å². The highest BCUT2D eigenvalue weighted by molar-refractivity contribution is 7.10. The van der Waals surface area contributed by atoms with Gasteiger partial charge < -0.3 is 9.80 Å². The maximum Gasteiger partial charge on any atom is 0.416 e. The third kappa shape index (κ3) is 5.31. The molecule has 2 atom stereocenters. The summed E-state index contributed by atoms with van der Waals surface area (Å²) in [4.78, 5) is 31.2. The van der Waals surface area contributed by atoms with Gasteiger partial charge in [0.1, 0.15) is 12.4 Å². The van der Waals surface area contributed by atoms with Crippen LogP contribution in [0.5, 0.6) is 0 Å². The molecule has 0 fully saturated rings. The van der Waals surface area contributed by atoms with Crippen molar-refractivity contribution in [3.63, 3.8) is 0 Å². The van der Waals surface area contributed by atoms with Crippen molar-refractivity contribution in [2.24, 2.45) is 0 Å². The first kappa shape index (κ1) is 25.9. The summed E-state index contributed by atoms with van der Waals surface area (Å²) in [6.45, 7) is 3.76. The number of alkyl halides is 3. The van der Waals surface area contributed by atoms with Gasteiger partial charge >= 0.3 is 6.18 Å². The summed E-state index contributed by atoms with van der Waals surface area (Å²) in [5, 5.41) is 1.96. The molecule has 1 aliphatic rings. The standard InChI is InChI=1S/C27H26F4N2O2S/c1-3-17(2)33(26(35)19-5-4-6-20(15-19)27(29,30)31)16-24(34)32-13-11-23-22(12-14-36-23)25(32)18-7-9-21(28)10-8-18/h4-10,12,14-15,17,25H,3,11,13,16H2,1-2H3. The molecule has 0 aliphatic carbocycles. The van der Waals surface area contributed by atoms with Crippen LogP contribution in [0.25, 0.3) is 0 Å². The number of benzene rings is 2. The summed E-state index contributed by atoms with van der Waals surface area (Å²) in [6, 6.07) is 11.4. The SMILES string of the molecule is CCC(C)N(CC(=O)N1CCc2sccc2C1c1ccc(F)cc1)C(=O)c1cccc(C(F)(F)F)c1. The molecule has 0 bridgehead atoms. The summed E-state index contributed by atoms with van der Waals surface area (Å²) in [7, 11) is 0. The third-order valence-corrected chi connectivity index (χ3v) is 7.59. The van der Waals surface area contributed by atoms with Gasteiger partial charge in [-0.05, 0) is 72.7 Å². The number of carbonyl (C=O) groups is 2. The van der Waals surface area contributed by atoms with E-state index in [4.69, 9.17) is 0 Å². The summed E-state index contributed by atoms with van der Waals surface area (Å²) in [5.41, 5.74) is 0.682. The second-order valence-corrected chi connectivity index (χ2v) is 9.86. The lowest BCUT2D eigenvalue weighted by atomic mass is 9.93. The van der Waals surface area contributed by atoms with E-state index >= 15 is 0 Å². The molecule has 2 aromatic carbocycles. The molecule has 0 radical (unpaired) electrons. The first-order valence-corrected chi connectivity index (χ1v) is 12.6. The summed E-state index contributed by atoms with van der Waals surface area (Å²) in [5.74, 6) is -1.33. The number of nitrogens with zero attached hydrogens (tertiary/aromatic N) is 2. The molecule has 1 aliphatic heterocycles. The monoisotopic (exact) mass is 518 g/mol. The van der Waals surface area contributed by atoms with Gasteiger partial charge in [-0.2, -0.15) is 13.2 Å². The van der Waals surface area contributed by atoms with E-state index in [1.807, 2.05) is 18.4 Å². The van der Waals surface area contributed by atoms with Gasteiger partial charge in [-0.25, -0.2) is 4.39 Å². The van der Waals surface area contributed by atoms with Crippen LogP contribution >= 0.6 is 11.3 Å². The minimum Gasteiger partial charge on any atom is -0.330 e. The van der Waals surface area contributed by atoms with E-state index < -0.39 is 23.7 Å². The van der Waals surface area contributed by atoms with Gasteiger partial charge in [0.25, 0.3) is 5.91 Å². The highest BCUT2D eigenvalue weighted by Gasteiger charge is 2.36. The van der Waals surface area contributed by atoms with Crippen LogP contribution in [-0.2, 0) is 17.4 Å². The van der Waals surface area contributed by atoms with Gasteiger partial charge in [-0.1, -0.05) is 25.1 Å². The number of carbonyl (C=O) groups excluding carboxylic acids is 2. The molecular formula is C27H26F4N2O2S. The number of rotatable bonds is 6. The van der Waals surface area contributed by atoms with Crippen molar-refractivity contribution in [2.75, 3.05) is 13.1 Å². The lowest BCUT2D eigenvalue weighted by molar-refractivity contribution is -0.137. The highest BCUT2D eigenvalue weighted by atomic mass is 32.1. The van der Waals surface area contributed by atoms with Crippen LogP contribution in [-0.4, -0.2) is 40.7 Å². The lowest BCUT2D eigenvalue weighted by Crippen LogP contribution is -2.49. The van der Waals surface area contributed by atoms with Crippen molar-refractivity contribution < 1.29 is 27.2 Å². The zero-order valence-electron chi connectivity index (χ0n) is 19.9. The molecule has 0 saturated carbocycles. The molecule has 9 heteroatoms. The Morgan fingerprint density at radius 2 is 1.86 bits per heavy atom. The van der Waals surface area contributed by atoms with E-state index in [1.54, 1.807) is 35.3 Å². The van der Waals surface area contributed by atoms with E-state index in [9.17, 15) is 27.2 Å². The van der Waals surface area contributed by atoms with Gasteiger partial charge in [0.2, 0.25) is 5.91 Å². The number of hydrogen-bond acceptors (Lipinski definition) is 3. The van der Waals surface area contributed by atoms with Gasteiger partial charge in [0.05, 0.1) is 11.6 Å². The first-order valence-electron chi connectivity index (χ1n) is 11.7. The van der Waals surface area contributed by atoms with Crippen molar-refractivity contribution in [1.82, 2.24) is 9.80 Å². The fourth-order valence-corrected chi connectivity index (χ4v) is 5.37. The second-order valence-electron chi connectivity index (χ2n) is 8.86. The van der Waals surface area contributed by atoms with Crippen molar-refractivity contribution in [1.29, 1.82) is 0 Å². The molecule has 0 saturated heterocycles. The van der Waals surface area contributed by atoms with Gasteiger partial charge in [0, 0.05) is 23.0 Å². The molecular weight excluding hydrogens is 492 g/mol. The van der Waals surface area contributed by atoms with Crippen LogP contribution in [0, 0.1) is 5.82 Å². The van der Waals surface area contributed by atoms with Crippen molar-refractivity contribution in [3.05, 3.63) is 92.9 Å². The average molecular weight is 519 g/mol. The van der Waals surface area contributed by atoms with Crippen LogP contribution in [0.4, 0.5) is 17.6 Å². The molecule has 4 rings (SSSR count). The van der Waals surface area contributed by atoms with Crippen LogP contribution < -0.4 is 0 Å². The lowest BCUT2D eigenvalue weighted by Gasteiger charge is -2.38. The number of fused-ring (bicyclic) bond motifs is 1. The van der Waals surface area contributed by atoms with Crippen molar-refractivity contribution in [3.8, 4) is 0 Å². The number of halogens is 4. The van der Waals surface area contributed by atoms with Crippen LogP contribution in [0.1, 0.15) is 58.2 Å². The maximum absolute atomic E-state index is 13.7. The smallest absolute Gasteiger partial charge is 0.330 e. The minimum absolute atomic E-state index is 0.119. The summed E-state index contributed by atoms with van der Waals surface area (Å²) >= 11 is 1.60. The van der Waals surface area contributed by atoms with Crippen molar-refractivity contribution in [2.45, 2.75) is 44.9 Å². The topological polar surface area (TPSA) is 40.6 Å². The number of amides is 2. The Morgan fingerprint density at radius 1 is 1.14 bits per heavy atom. The quantitative estimate of drug-likeness (QED) is 0.358. The zero-order chi connectivity index (χ0) is 26.0. The molecule has 36 heavy (non-hydrogen) atoms. The van der Waals surface area contributed by atoms with Gasteiger partial charge in [-0.15, -0.1) is 11.3 Å². The highest BCUT2D eigenvalue weighted by Crippen LogP contribution is 2.38. The number of thiophene rings is 1. The van der Waals surface area contributed by atoms with E-state index in [-0.39, 0.29) is 29.9 Å². The molecule has 0 spiro atoms. The van der Waals surface area contributed by atoms with Crippen LogP contribution in [0.2, 0.25) is 0 Å².